The summed E-state index contributed by atoms with van der Waals surface area (Å²) in [5.74, 6) is 0.350. The van der Waals surface area contributed by atoms with Crippen molar-refractivity contribution in [3.05, 3.63) is 0 Å². The van der Waals surface area contributed by atoms with Crippen molar-refractivity contribution < 1.29 is 8.42 Å². The third-order valence-corrected chi connectivity index (χ3v) is 5.79. The maximum absolute atomic E-state index is 12.6. The first-order chi connectivity index (χ1) is 8.14. The van der Waals surface area contributed by atoms with Crippen LogP contribution in [0.5, 0.6) is 0 Å². The van der Waals surface area contributed by atoms with Gasteiger partial charge in [0.15, 0.2) is 0 Å². The maximum atomic E-state index is 12.6. The predicted molar refractivity (Wildman–Crippen MR) is 76.1 cm³/mol. The van der Waals surface area contributed by atoms with E-state index in [1.807, 2.05) is 0 Å². The van der Waals surface area contributed by atoms with Crippen LogP contribution in [0.4, 0.5) is 0 Å². The highest BCUT2D eigenvalue weighted by molar-refractivity contribution is 7.90. The average molecular weight is 276 g/mol. The summed E-state index contributed by atoms with van der Waals surface area (Å²) >= 11 is 0. The summed E-state index contributed by atoms with van der Waals surface area (Å²) in [7, 11) is -3.23. The molecule has 4 nitrogen and oxygen atoms in total. The zero-order valence-corrected chi connectivity index (χ0v) is 13.2. The lowest BCUT2D eigenvalue weighted by Gasteiger charge is -2.32. The van der Waals surface area contributed by atoms with E-state index < -0.39 is 14.8 Å². The number of hydrogen-bond acceptors (Lipinski definition) is 3. The molecular weight excluding hydrogens is 248 g/mol. The molecule has 5 heteroatoms. The first-order valence-electron chi connectivity index (χ1n) is 6.87. The van der Waals surface area contributed by atoms with Gasteiger partial charge in [0.25, 0.3) is 0 Å². The molecular formula is C13H28N2O2S. The molecule has 0 bridgehead atoms. The Morgan fingerprint density at radius 1 is 1.33 bits per heavy atom. The summed E-state index contributed by atoms with van der Waals surface area (Å²) in [6.07, 6.45) is 2.23. The van der Waals surface area contributed by atoms with Gasteiger partial charge in [0.05, 0.1) is 4.75 Å². The van der Waals surface area contributed by atoms with Gasteiger partial charge in [-0.3, -0.25) is 0 Å². The Kier molecular flexibility index (Phi) is 5.21. The second-order valence-corrected chi connectivity index (χ2v) is 9.31. The molecule has 108 valence electrons. The Labute approximate surface area is 112 Å². The van der Waals surface area contributed by atoms with Crippen LogP contribution >= 0.6 is 0 Å². The smallest absolute Gasteiger partial charge is 0.219 e. The highest BCUT2D eigenvalue weighted by atomic mass is 32.2. The van der Waals surface area contributed by atoms with Crippen molar-refractivity contribution in [1.29, 1.82) is 0 Å². The molecule has 0 radical (unpaired) electrons. The van der Waals surface area contributed by atoms with Gasteiger partial charge in [-0.1, -0.05) is 13.8 Å². The Bertz CT molecular complexity index is 352. The summed E-state index contributed by atoms with van der Waals surface area (Å²) in [4.78, 5) is 0. The largest absolute Gasteiger partial charge is 0.313 e. The number of nitrogens with zero attached hydrogens (tertiary/aromatic N) is 1. The third-order valence-electron chi connectivity index (χ3n) is 3.27. The van der Waals surface area contributed by atoms with Crippen molar-refractivity contribution in [1.82, 2.24) is 9.62 Å². The first-order valence-corrected chi connectivity index (χ1v) is 8.31. The Morgan fingerprint density at radius 3 is 2.33 bits per heavy atom. The molecule has 1 heterocycles. The van der Waals surface area contributed by atoms with Gasteiger partial charge in [0.1, 0.15) is 0 Å². The molecule has 1 N–H and O–H groups in total. The van der Waals surface area contributed by atoms with E-state index in [2.05, 4.69) is 19.2 Å². The molecule has 1 rings (SSSR count). The van der Waals surface area contributed by atoms with Crippen LogP contribution in [0.2, 0.25) is 0 Å². The fourth-order valence-corrected chi connectivity index (χ4v) is 3.87. The summed E-state index contributed by atoms with van der Waals surface area (Å²) in [6, 6.07) is 0.320. The minimum atomic E-state index is -3.23. The molecule has 0 saturated carbocycles. The number of rotatable bonds is 5. The minimum absolute atomic E-state index is 0.320. The lowest BCUT2D eigenvalue weighted by Crippen LogP contribution is -2.49. The quantitative estimate of drug-likeness (QED) is 0.833. The van der Waals surface area contributed by atoms with Crippen molar-refractivity contribution >= 4 is 10.0 Å². The predicted octanol–water partition coefficient (Wildman–Crippen LogP) is 1.82. The fourth-order valence-electron chi connectivity index (χ4n) is 2.22. The Hall–Kier alpha value is -0.130. The van der Waals surface area contributed by atoms with Crippen LogP contribution in [-0.2, 0) is 10.0 Å². The van der Waals surface area contributed by atoms with Crippen LogP contribution in [0.25, 0.3) is 0 Å². The molecule has 1 aliphatic heterocycles. The van der Waals surface area contributed by atoms with E-state index in [4.69, 9.17) is 0 Å². The maximum Gasteiger partial charge on any atom is 0.219 e. The summed E-state index contributed by atoms with van der Waals surface area (Å²) in [6.45, 7) is 11.7. The molecule has 0 aromatic heterocycles. The van der Waals surface area contributed by atoms with Crippen LogP contribution in [0, 0.1) is 5.92 Å². The van der Waals surface area contributed by atoms with Crippen LogP contribution in [-0.4, -0.2) is 43.1 Å². The summed E-state index contributed by atoms with van der Waals surface area (Å²) in [5.41, 5.74) is 0. The number of hydrogen-bond donors (Lipinski definition) is 1. The molecule has 0 aromatic rings. The zero-order valence-electron chi connectivity index (χ0n) is 12.4. The lowest BCUT2D eigenvalue weighted by atomic mass is 10.2. The Morgan fingerprint density at radius 2 is 1.94 bits per heavy atom. The topological polar surface area (TPSA) is 49.4 Å². The number of nitrogens with one attached hydrogen (secondary N) is 1. The molecule has 1 aliphatic rings. The molecule has 0 spiro atoms. The first kappa shape index (κ1) is 15.9. The van der Waals surface area contributed by atoms with Crippen molar-refractivity contribution in [2.45, 2.75) is 58.2 Å². The van der Waals surface area contributed by atoms with Gasteiger partial charge in [-0.15, -0.1) is 0 Å². The van der Waals surface area contributed by atoms with E-state index in [0.717, 1.165) is 19.4 Å². The Balaban J connectivity index is 2.83. The standard InChI is InChI=1S/C13H28N2O2S/c1-11(2)9-15(10-12-7-6-8-14-12)18(16,17)13(3,4)5/h11-12,14H,6-10H2,1-5H3. The van der Waals surface area contributed by atoms with E-state index in [1.54, 1.807) is 25.1 Å². The molecule has 0 aliphatic carbocycles. The minimum Gasteiger partial charge on any atom is -0.313 e. The van der Waals surface area contributed by atoms with Gasteiger partial charge in [-0.2, -0.15) is 4.31 Å². The normalized spacial score (nSPS) is 22.1. The van der Waals surface area contributed by atoms with E-state index in [1.165, 1.54) is 0 Å². The van der Waals surface area contributed by atoms with E-state index in [-0.39, 0.29) is 0 Å². The summed E-state index contributed by atoms with van der Waals surface area (Å²) < 4.78 is 26.1. The summed E-state index contributed by atoms with van der Waals surface area (Å²) in [5, 5.41) is 3.38. The SMILES string of the molecule is CC(C)CN(CC1CCCN1)S(=O)(=O)C(C)(C)C. The van der Waals surface area contributed by atoms with Crippen molar-refractivity contribution in [2.24, 2.45) is 5.92 Å². The molecule has 1 saturated heterocycles. The fraction of sp³-hybridized carbons (Fsp3) is 1.00. The van der Waals surface area contributed by atoms with Crippen molar-refractivity contribution in [2.75, 3.05) is 19.6 Å². The monoisotopic (exact) mass is 276 g/mol. The van der Waals surface area contributed by atoms with Gasteiger partial charge in [-0.05, 0) is 46.1 Å². The van der Waals surface area contributed by atoms with Crippen molar-refractivity contribution in [3.63, 3.8) is 0 Å². The van der Waals surface area contributed by atoms with Crippen LogP contribution in [0.1, 0.15) is 47.5 Å². The molecule has 1 fully saturated rings. The van der Waals surface area contributed by atoms with Crippen LogP contribution in [0.15, 0.2) is 0 Å². The van der Waals surface area contributed by atoms with Gasteiger partial charge in [-0.25, -0.2) is 8.42 Å². The molecule has 1 atom stereocenters. The third kappa shape index (κ3) is 3.93. The van der Waals surface area contributed by atoms with Gasteiger partial charge >= 0.3 is 0 Å². The molecule has 1 unspecified atom stereocenters. The van der Waals surface area contributed by atoms with Gasteiger partial charge < -0.3 is 5.32 Å². The van der Waals surface area contributed by atoms with E-state index in [9.17, 15) is 8.42 Å². The zero-order chi connectivity index (χ0) is 14.0. The molecule has 18 heavy (non-hydrogen) atoms. The second kappa shape index (κ2) is 5.88. The van der Waals surface area contributed by atoms with Gasteiger partial charge in [0, 0.05) is 19.1 Å². The molecule has 0 aromatic carbocycles. The molecule has 0 amide bonds. The highest BCUT2D eigenvalue weighted by Crippen LogP contribution is 2.22. The highest BCUT2D eigenvalue weighted by Gasteiger charge is 2.36. The average Bonchev–Trinajstić information content (AvgIpc) is 2.66. The van der Waals surface area contributed by atoms with Gasteiger partial charge in [0.2, 0.25) is 10.0 Å². The van der Waals surface area contributed by atoms with Crippen LogP contribution in [0.3, 0.4) is 0 Å². The second-order valence-electron chi connectivity index (χ2n) is 6.62. The van der Waals surface area contributed by atoms with E-state index in [0.29, 0.717) is 25.0 Å². The lowest BCUT2D eigenvalue weighted by molar-refractivity contribution is 0.327. The van der Waals surface area contributed by atoms with Crippen LogP contribution < -0.4 is 5.32 Å². The van der Waals surface area contributed by atoms with Crippen molar-refractivity contribution in [3.8, 4) is 0 Å². The number of sulfonamides is 1. The van der Waals surface area contributed by atoms with E-state index >= 15 is 0 Å².